The van der Waals surface area contributed by atoms with E-state index in [0.717, 1.165) is 50.5 Å². The average molecular weight is 369 g/mol. The first kappa shape index (κ1) is 19.3. The fourth-order valence-electron chi connectivity index (χ4n) is 3.08. The Morgan fingerprint density at radius 1 is 1.22 bits per heavy atom. The van der Waals surface area contributed by atoms with E-state index < -0.39 is 0 Å². The Kier molecular flexibility index (Phi) is 6.73. The molecule has 1 aromatic heterocycles. The zero-order valence-corrected chi connectivity index (χ0v) is 16.0. The molecule has 1 aliphatic heterocycles. The van der Waals surface area contributed by atoms with Crippen molar-refractivity contribution in [3.63, 3.8) is 0 Å². The number of amides is 1. The summed E-state index contributed by atoms with van der Waals surface area (Å²) in [5, 5.41) is 6.22. The number of aromatic nitrogens is 2. The number of hydrogen-bond acceptors (Lipinski definition) is 6. The Morgan fingerprint density at radius 3 is 2.74 bits per heavy atom. The molecule has 27 heavy (non-hydrogen) atoms. The number of para-hydroxylation sites is 1. The highest BCUT2D eigenvalue weighted by molar-refractivity contribution is 5.92. The predicted octanol–water partition coefficient (Wildman–Crippen LogP) is 2.15. The molecule has 7 heteroatoms. The van der Waals surface area contributed by atoms with Crippen molar-refractivity contribution in [3.05, 3.63) is 47.4 Å². The predicted molar refractivity (Wildman–Crippen MR) is 105 cm³/mol. The minimum absolute atomic E-state index is 0.201. The van der Waals surface area contributed by atoms with Crippen LogP contribution in [0.1, 0.15) is 28.5 Å². The van der Waals surface area contributed by atoms with Crippen LogP contribution >= 0.6 is 0 Å². The molecular formula is C20H27N5O2. The van der Waals surface area contributed by atoms with Gasteiger partial charge in [-0.2, -0.15) is 0 Å². The van der Waals surface area contributed by atoms with Gasteiger partial charge in [-0.1, -0.05) is 25.1 Å². The van der Waals surface area contributed by atoms with Gasteiger partial charge in [-0.25, -0.2) is 9.97 Å². The van der Waals surface area contributed by atoms with Gasteiger partial charge >= 0.3 is 0 Å². The molecule has 1 saturated heterocycles. The van der Waals surface area contributed by atoms with Gasteiger partial charge in [0.15, 0.2) is 0 Å². The first-order valence-corrected chi connectivity index (χ1v) is 9.43. The van der Waals surface area contributed by atoms with E-state index in [0.29, 0.717) is 18.1 Å². The number of aryl methyl sites for hydroxylation is 2. The molecule has 1 aliphatic rings. The highest BCUT2D eigenvalue weighted by Gasteiger charge is 2.12. The van der Waals surface area contributed by atoms with Crippen molar-refractivity contribution < 1.29 is 9.53 Å². The number of nitrogens with zero attached hydrogens (tertiary/aromatic N) is 3. The summed E-state index contributed by atoms with van der Waals surface area (Å²) in [6, 6.07) is 6.21. The van der Waals surface area contributed by atoms with Crippen LogP contribution in [0.5, 0.6) is 0 Å². The molecule has 2 heterocycles. The van der Waals surface area contributed by atoms with Gasteiger partial charge < -0.3 is 15.4 Å². The summed E-state index contributed by atoms with van der Waals surface area (Å²) in [5.41, 5.74) is 3.75. The zero-order chi connectivity index (χ0) is 19.1. The Bertz CT molecular complexity index is 757. The first-order valence-electron chi connectivity index (χ1n) is 9.43. The molecule has 0 bridgehead atoms. The van der Waals surface area contributed by atoms with Crippen molar-refractivity contribution in [2.45, 2.75) is 20.3 Å². The fraction of sp³-hybridized carbons (Fsp3) is 0.450. The van der Waals surface area contributed by atoms with Crippen LogP contribution in [0.15, 0.2) is 30.6 Å². The third-order valence-corrected chi connectivity index (χ3v) is 4.69. The highest BCUT2D eigenvalue weighted by atomic mass is 16.5. The van der Waals surface area contributed by atoms with Gasteiger partial charge in [0.05, 0.1) is 25.6 Å². The maximum atomic E-state index is 12.2. The molecule has 0 saturated carbocycles. The van der Waals surface area contributed by atoms with E-state index in [-0.39, 0.29) is 5.91 Å². The number of hydrogen-bond donors (Lipinski definition) is 2. The molecule has 0 unspecified atom stereocenters. The van der Waals surface area contributed by atoms with E-state index in [9.17, 15) is 4.79 Å². The Balaban J connectivity index is 1.54. The first-order chi connectivity index (χ1) is 13.2. The third-order valence-electron chi connectivity index (χ3n) is 4.69. The van der Waals surface area contributed by atoms with E-state index >= 15 is 0 Å². The molecular weight excluding hydrogens is 342 g/mol. The lowest BCUT2D eigenvalue weighted by Crippen LogP contribution is -2.41. The Morgan fingerprint density at radius 2 is 2.04 bits per heavy atom. The molecule has 2 N–H and O–H groups in total. The van der Waals surface area contributed by atoms with Gasteiger partial charge in [0, 0.05) is 31.9 Å². The standard InChI is InChI=1S/C20H27N5O2/c1-3-16-6-4-5-15(2)19(16)24-18-14-22-17(13-23-18)20(26)21-7-8-25-9-11-27-12-10-25/h4-6,13-14H,3,7-12H2,1-2H3,(H,21,26)(H,23,24). The lowest BCUT2D eigenvalue weighted by Gasteiger charge is -2.26. The van der Waals surface area contributed by atoms with Gasteiger partial charge in [-0.15, -0.1) is 0 Å². The topological polar surface area (TPSA) is 79.4 Å². The average Bonchev–Trinajstić information content (AvgIpc) is 2.71. The fourth-order valence-corrected chi connectivity index (χ4v) is 3.08. The highest BCUT2D eigenvalue weighted by Crippen LogP contribution is 2.24. The lowest BCUT2D eigenvalue weighted by molar-refractivity contribution is 0.0383. The molecule has 1 aromatic carbocycles. The van der Waals surface area contributed by atoms with Crippen LogP contribution < -0.4 is 10.6 Å². The smallest absolute Gasteiger partial charge is 0.271 e. The normalized spacial score (nSPS) is 14.7. The lowest BCUT2D eigenvalue weighted by atomic mass is 10.1. The third kappa shape index (κ3) is 5.24. The molecule has 2 aromatic rings. The number of carbonyl (C=O) groups is 1. The summed E-state index contributed by atoms with van der Waals surface area (Å²) in [7, 11) is 0. The summed E-state index contributed by atoms with van der Waals surface area (Å²) in [5.74, 6) is 0.427. The van der Waals surface area contributed by atoms with Gasteiger partial charge in [0.2, 0.25) is 0 Å². The monoisotopic (exact) mass is 369 g/mol. The maximum absolute atomic E-state index is 12.2. The summed E-state index contributed by atoms with van der Waals surface area (Å²) >= 11 is 0. The van der Waals surface area contributed by atoms with Crippen LogP contribution in [-0.2, 0) is 11.2 Å². The van der Waals surface area contributed by atoms with Crippen molar-refractivity contribution in [1.29, 1.82) is 0 Å². The van der Waals surface area contributed by atoms with Crippen LogP contribution in [-0.4, -0.2) is 60.2 Å². The SMILES string of the molecule is CCc1cccc(C)c1Nc1cnc(C(=O)NCCN2CCOCC2)cn1. The van der Waals surface area contributed by atoms with Crippen molar-refractivity contribution in [1.82, 2.24) is 20.2 Å². The van der Waals surface area contributed by atoms with Crippen molar-refractivity contribution in [2.24, 2.45) is 0 Å². The number of ether oxygens (including phenoxy) is 1. The summed E-state index contributed by atoms with van der Waals surface area (Å²) in [6.07, 6.45) is 4.04. The Hall–Kier alpha value is -2.51. The summed E-state index contributed by atoms with van der Waals surface area (Å²) in [4.78, 5) is 23.1. The molecule has 0 radical (unpaired) electrons. The second kappa shape index (κ2) is 9.43. The second-order valence-electron chi connectivity index (χ2n) is 6.58. The van der Waals surface area contributed by atoms with Gasteiger partial charge in [0.25, 0.3) is 5.91 Å². The molecule has 0 aliphatic carbocycles. The summed E-state index contributed by atoms with van der Waals surface area (Å²) < 4.78 is 5.32. The number of benzene rings is 1. The van der Waals surface area contributed by atoms with Gasteiger partial charge in [-0.05, 0) is 24.5 Å². The van der Waals surface area contributed by atoms with Crippen LogP contribution in [0.4, 0.5) is 11.5 Å². The molecule has 7 nitrogen and oxygen atoms in total. The second-order valence-corrected chi connectivity index (χ2v) is 6.58. The summed E-state index contributed by atoms with van der Waals surface area (Å²) in [6.45, 7) is 8.92. The molecule has 0 spiro atoms. The van der Waals surface area contributed by atoms with E-state index in [1.165, 1.54) is 11.8 Å². The van der Waals surface area contributed by atoms with E-state index in [1.54, 1.807) is 6.20 Å². The van der Waals surface area contributed by atoms with Crippen LogP contribution in [0.3, 0.4) is 0 Å². The largest absolute Gasteiger partial charge is 0.379 e. The quantitative estimate of drug-likeness (QED) is 0.779. The molecule has 1 amide bonds. The number of nitrogens with one attached hydrogen (secondary N) is 2. The van der Waals surface area contributed by atoms with Crippen LogP contribution in [0.2, 0.25) is 0 Å². The maximum Gasteiger partial charge on any atom is 0.271 e. The van der Waals surface area contributed by atoms with Gasteiger partial charge in [0.1, 0.15) is 11.5 Å². The molecule has 3 rings (SSSR count). The molecule has 0 atom stereocenters. The van der Waals surface area contributed by atoms with Crippen molar-refractivity contribution in [2.75, 3.05) is 44.7 Å². The minimum atomic E-state index is -0.201. The number of morpholine rings is 1. The van der Waals surface area contributed by atoms with E-state index in [4.69, 9.17) is 4.74 Å². The van der Waals surface area contributed by atoms with E-state index in [1.807, 2.05) is 0 Å². The molecule has 144 valence electrons. The zero-order valence-electron chi connectivity index (χ0n) is 16.0. The van der Waals surface area contributed by atoms with E-state index in [2.05, 4.69) is 57.5 Å². The van der Waals surface area contributed by atoms with Crippen molar-refractivity contribution >= 4 is 17.4 Å². The number of rotatable bonds is 7. The number of carbonyl (C=O) groups excluding carboxylic acids is 1. The minimum Gasteiger partial charge on any atom is -0.379 e. The Labute approximate surface area is 160 Å². The van der Waals surface area contributed by atoms with Gasteiger partial charge in [-0.3, -0.25) is 9.69 Å². The van der Waals surface area contributed by atoms with Crippen molar-refractivity contribution in [3.8, 4) is 0 Å². The van der Waals surface area contributed by atoms with Crippen LogP contribution in [0, 0.1) is 6.92 Å². The van der Waals surface area contributed by atoms with Crippen LogP contribution in [0.25, 0.3) is 0 Å². The number of anilines is 2. The molecule has 1 fully saturated rings.